The molecule has 0 spiro atoms. The number of carbonyl (C=O) groups is 1. The molecule has 1 aliphatic carbocycles. The minimum atomic E-state index is 0.0552. The van der Waals surface area contributed by atoms with Crippen LogP contribution >= 0.6 is 11.8 Å². The molecule has 0 atom stereocenters. The lowest BCUT2D eigenvalue weighted by Gasteiger charge is -2.48. The van der Waals surface area contributed by atoms with Crippen molar-refractivity contribution in [3.05, 3.63) is 35.7 Å². The lowest BCUT2D eigenvalue weighted by Crippen LogP contribution is -2.59. The fraction of sp³-hybridized carbons (Fsp3) is 0.609. The first-order chi connectivity index (χ1) is 15.1. The molecule has 2 heterocycles. The Morgan fingerprint density at radius 3 is 2.68 bits per heavy atom. The highest BCUT2D eigenvalue weighted by molar-refractivity contribution is 7.99. The molecule has 0 radical (unpaired) electrons. The lowest BCUT2D eigenvalue weighted by atomic mass is 9.79. The second kappa shape index (κ2) is 10.1. The number of nitrogens with zero attached hydrogens (tertiary/aromatic N) is 4. The first-order valence-electron chi connectivity index (χ1n) is 11.3. The molecule has 0 bridgehead atoms. The van der Waals surface area contributed by atoms with E-state index < -0.39 is 0 Å². The predicted octanol–water partition coefficient (Wildman–Crippen LogP) is 3.13. The Morgan fingerprint density at radius 1 is 1.16 bits per heavy atom. The molecular formula is C23H33N5O2S. The van der Waals surface area contributed by atoms with Gasteiger partial charge in [-0.1, -0.05) is 43.2 Å². The average molecular weight is 444 g/mol. The topological polar surface area (TPSA) is 72.3 Å². The minimum Gasteiger partial charge on any atom is -0.379 e. The van der Waals surface area contributed by atoms with E-state index in [2.05, 4.69) is 39.5 Å². The number of thioether (sulfide) groups is 1. The zero-order valence-electron chi connectivity index (χ0n) is 18.6. The van der Waals surface area contributed by atoms with Gasteiger partial charge < -0.3 is 10.1 Å². The Morgan fingerprint density at radius 2 is 1.94 bits per heavy atom. The van der Waals surface area contributed by atoms with Gasteiger partial charge in [0.15, 0.2) is 5.16 Å². The summed E-state index contributed by atoms with van der Waals surface area (Å²) < 4.78 is 7.57. The molecule has 2 fully saturated rings. The van der Waals surface area contributed by atoms with Crippen molar-refractivity contribution in [2.45, 2.75) is 56.6 Å². The Hall–Kier alpha value is -1.90. The maximum Gasteiger partial charge on any atom is 0.230 e. The summed E-state index contributed by atoms with van der Waals surface area (Å²) in [6.45, 7) is 8.23. The average Bonchev–Trinajstić information content (AvgIpc) is 3.18. The molecular weight excluding hydrogens is 410 g/mol. The summed E-state index contributed by atoms with van der Waals surface area (Å²) in [4.78, 5) is 15.3. The van der Waals surface area contributed by atoms with Crippen LogP contribution in [0, 0.1) is 13.8 Å². The largest absolute Gasteiger partial charge is 0.379 e. The van der Waals surface area contributed by atoms with Crippen molar-refractivity contribution in [2.24, 2.45) is 0 Å². The van der Waals surface area contributed by atoms with Crippen LogP contribution in [0.2, 0.25) is 0 Å². The second-order valence-electron chi connectivity index (χ2n) is 8.65. The Kier molecular flexibility index (Phi) is 7.30. The van der Waals surface area contributed by atoms with E-state index in [1.807, 2.05) is 23.6 Å². The molecule has 1 N–H and O–H groups in total. The highest BCUT2D eigenvalue weighted by Crippen LogP contribution is 2.34. The van der Waals surface area contributed by atoms with Gasteiger partial charge >= 0.3 is 0 Å². The number of benzene rings is 1. The Labute approximate surface area is 188 Å². The van der Waals surface area contributed by atoms with Gasteiger partial charge in [0.25, 0.3) is 0 Å². The molecule has 4 rings (SSSR count). The van der Waals surface area contributed by atoms with Crippen molar-refractivity contribution in [2.75, 3.05) is 38.6 Å². The van der Waals surface area contributed by atoms with Gasteiger partial charge in [0, 0.05) is 30.9 Å². The van der Waals surface area contributed by atoms with Crippen LogP contribution in [0.3, 0.4) is 0 Å². The summed E-state index contributed by atoms with van der Waals surface area (Å²) in [7, 11) is 0. The number of hydrogen-bond donors (Lipinski definition) is 1. The molecule has 2 aromatic rings. The van der Waals surface area contributed by atoms with E-state index in [9.17, 15) is 4.79 Å². The predicted molar refractivity (Wildman–Crippen MR) is 123 cm³/mol. The Balaban J connectivity index is 1.37. The van der Waals surface area contributed by atoms with Crippen LogP contribution in [0.5, 0.6) is 0 Å². The molecule has 0 unspecified atom stereocenters. The van der Waals surface area contributed by atoms with Gasteiger partial charge in [-0.25, -0.2) is 0 Å². The summed E-state index contributed by atoms with van der Waals surface area (Å²) in [5, 5.41) is 12.5. The normalized spacial score (nSPS) is 19.3. The van der Waals surface area contributed by atoms with E-state index in [0.717, 1.165) is 62.4 Å². The standard InChI is InChI=1S/C23H33N5O2S/c1-18-7-6-8-20(15-18)28-19(2)25-26-22(28)31-16-21(29)24-17-23(9-4-3-5-10-23)27-11-13-30-14-12-27/h6-8,15H,3-5,9-14,16-17H2,1-2H3,(H,24,29). The molecule has 1 aliphatic heterocycles. The third-order valence-corrected chi connectivity index (χ3v) is 7.40. The SMILES string of the molecule is Cc1cccc(-n2c(C)nnc2SCC(=O)NCC2(N3CCOCC3)CCCCC2)c1. The lowest BCUT2D eigenvalue weighted by molar-refractivity contribution is -0.119. The summed E-state index contributed by atoms with van der Waals surface area (Å²) >= 11 is 1.44. The van der Waals surface area contributed by atoms with Gasteiger partial charge in [0.2, 0.25) is 5.91 Å². The number of morpholine rings is 1. The van der Waals surface area contributed by atoms with Crippen molar-refractivity contribution in [3.63, 3.8) is 0 Å². The summed E-state index contributed by atoms with van der Waals surface area (Å²) in [5.41, 5.74) is 2.29. The van der Waals surface area contributed by atoms with Gasteiger partial charge in [-0.2, -0.15) is 0 Å². The molecule has 1 aromatic heterocycles. The zero-order valence-corrected chi connectivity index (χ0v) is 19.4. The first-order valence-corrected chi connectivity index (χ1v) is 12.3. The van der Waals surface area contributed by atoms with Gasteiger partial charge in [0.05, 0.1) is 19.0 Å². The highest BCUT2D eigenvalue weighted by atomic mass is 32.2. The molecule has 1 saturated heterocycles. The van der Waals surface area contributed by atoms with Crippen LogP contribution in [-0.4, -0.2) is 69.7 Å². The number of aromatic nitrogens is 3. The van der Waals surface area contributed by atoms with E-state index >= 15 is 0 Å². The zero-order chi connectivity index (χ0) is 21.7. The molecule has 168 valence electrons. The first kappa shape index (κ1) is 22.3. The summed E-state index contributed by atoms with van der Waals surface area (Å²) in [6, 6.07) is 8.25. The smallest absolute Gasteiger partial charge is 0.230 e. The van der Waals surface area contributed by atoms with E-state index in [1.54, 1.807) is 0 Å². The molecule has 1 aromatic carbocycles. The van der Waals surface area contributed by atoms with Crippen molar-refractivity contribution >= 4 is 17.7 Å². The second-order valence-corrected chi connectivity index (χ2v) is 9.60. The van der Waals surface area contributed by atoms with Gasteiger partial charge in [-0.15, -0.1) is 10.2 Å². The van der Waals surface area contributed by atoms with Crippen LogP contribution < -0.4 is 5.32 Å². The summed E-state index contributed by atoms with van der Waals surface area (Å²) in [5.74, 6) is 1.21. The number of carbonyl (C=O) groups excluding carboxylic acids is 1. The number of ether oxygens (including phenoxy) is 1. The van der Waals surface area contributed by atoms with E-state index in [0.29, 0.717) is 5.75 Å². The fourth-order valence-corrected chi connectivity index (χ4v) is 5.62. The number of nitrogens with one attached hydrogen (secondary N) is 1. The molecule has 1 saturated carbocycles. The van der Waals surface area contributed by atoms with Crippen LogP contribution in [0.25, 0.3) is 5.69 Å². The molecule has 8 heteroatoms. The molecule has 1 amide bonds. The Bertz CT molecular complexity index is 888. The van der Waals surface area contributed by atoms with Gasteiger partial charge in [-0.05, 0) is 44.4 Å². The van der Waals surface area contributed by atoms with Gasteiger partial charge in [0.1, 0.15) is 5.82 Å². The third-order valence-electron chi connectivity index (χ3n) is 6.47. The monoisotopic (exact) mass is 443 g/mol. The quantitative estimate of drug-likeness (QED) is 0.663. The third kappa shape index (κ3) is 5.30. The van der Waals surface area contributed by atoms with E-state index in [4.69, 9.17) is 4.74 Å². The maximum absolute atomic E-state index is 12.8. The molecule has 2 aliphatic rings. The van der Waals surface area contributed by atoms with Crippen LogP contribution in [0.1, 0.15) is 43.5 Å². The van der Waals surface area contributed by atoms with E-state index in [1.165, 1.54) is 36.6 Å². The number of rotatable bonds is 7. The van der Waals surface area contributed by atoms with Crippen LogP contribution in [0.4, 0.5) is 0 Å². The fourth-order valence-electron chi connectivity index (χ4n) is 4.80. The highest BCUT2D eigenvalue weighted by Gasteiger charge is 2.38. The van der Waals surface area contributed by atoms with Crippen LogP contribution in [0.15, 0.2) is 29.4 Å². The minimum absolute atomic E-state index is 0.0552. The maximum atomic E-state index is 12.8. The number of amides is 1. The molecule has 7 nitrogen and oxygen atoms in total. The summed E-state index contributed by atoms with van der Waals surface area (Å²) in [6.07, 6.45) is 6.08. The van der Waals surface area contributed by atoms with E-state index in [-0.39, 0.29) is 11.4 Å². The van der Waals surface area contributed by atoms with Crippen molar-refractivity contribution in [1.82, 2.24) is 25.0 Å². The molecule has 31 heavy (non-hydrogen) atoms. The number of aryl methyl sites for hydroxylation is 2. The van der Waals surface area contributed by atoms with Crippen LogP contribution in [-0.2, 0) is 9.53 Å². The van der Waals surface area contributed by atoms with Gasteiger partial charge in [-0.3, -0.25) is 14.3 Å². The van der Waals surface area contributed by atoms with Crippen molar-refractivity contribution < 1.29 is 9.53 Å². The van der Waals surface area contributed by atoms with Crippen molar-refractivity contribution in [1.29, 1.82) is 0 Å². The number of hydrogen-bond acceptors (Lipinski definition) is 6. The van der Waals surface area contributed by atoms with Crippen molar-refractivity contribution in [3.8, 4) is 5.69 Å².